The Morgan fingerprint density at radius 3 is 2.64 bits per heavy atom. The number of pyridine rings is 1. The summed E-state index contributed by atoms with van der Waals surface area (Å²) in [7, 11) is 0. The van der Waals surface area contributed by atoms with Gasteiger partial charge in [-0.05, 0) is 42.9 Å². The zero-order chi connectivity index (χ0) is 17.2. The molecule has 0 spiro atoms. The van der Waals surface area contributed by atoms with Gasteiger partial charge in [0.1, 0.15) is 5.69 Å². The van der Waals surface area contributed by atoms with Gasteiger partial charge in [-0.15, -0.1) is 0 Å². The van der Waals surface area contributed by atoms with Crippen LogP contribution in [0, 0.1) is 11.8 Å². The van der Waals surface area contributed by atoms with E-state index in [1.54, 1.807) is 0 Å². The molecule has 3 nitrogen and oxygen atoms in total. The van der Waals surface area contributed by atoms with Gasteiger partial charge >= 0.3 is 0 Å². The molecule has 0 N–H and O–H groups in total. The van der Waals surface area contributed by atoms with Crippen LogP contribution < -0.4 is 0 Å². The number of hydrogen-bond acceptors (Lipinski definition) is 2. The summed E-state index contributed by atoms with van der Waals surface area (Å²) in [5.41, 5.74) is 2.14. The van der Waals surface area contributed by atoms with E-state index in [2.05, 4.69) is 4.98 Å². The van der Waals surface area contributed by atoms with Crippen molar-refractivity contribution in [3.05, 3.63) is 53.2 Å². The molecule has 1 aromatic carbocycles. The Morgan fingerprint density at radius 2 is 1.80 bits per heavy atom. The zero-order valence-electron chi connectivity index (χ0n) is 14.3. The second-order valence-electron chi connectivity index (χ2n) is 7.23. The molecule has 2 heterocycles. The monoisotopic (exact) mass is 354 g/mol. The van der Waals surface area contributed by atoms with Crippen LogP contribution in [0.25, 0.3) is 11.3 Å². The van der Waals surface area contributed by atoms with Gasteiger partial charge in [0, 0.05) is 23.7 Å². The molecule has 4 rings (SSSR count). The lowest BCUT2D eigenvalue weighted by molar-refractivity contribution is 0.0515. The molecule has 1 saturated heterocycles. The molecule has 1 amide bonds. The molecule has 2 aromatic rings. The van der Waals surface area contributed by atoms with Crippen LogP contribution in [0.5, 0.6) is 0 Å². The number of halogens is 1. The van der Waals surface area contributed by atoms with E-state index in [1.165, 1.54) is 25.7 Å². The Labute approximate surface area is 154 Å². The van der Waals surface area contributed by atoms with Gasteiger partial charge in [0.05, 0.1) is 5.69 Å². The summed E-state index contributed by atoms with van der Waals surface area (Å²) in [6.45, 7) is 1.75. The first-order valence-corrected chi connectivity index (χ1v) is 9.61. The van der Waals surface area contributed by atoms with Crippen LogP contribution in [-0.2, 0) is 0 Å². The van der Waals surface area contributed by atoms with Crippen LogP contribution in [0.3, 0.4) is 0 Å². The summed E-state index contributed by atoms with van der Waals surface area (Å²) < 4.78 is 0. The number of benzene rings is 1. The first-order chi connectivity index (χ1) is 12.2. The van der Waals surface area contributed by atoms with E-state index in [4.69, 9.17) is 11.6 Å². The third kappa shape index (κ3) is 3.43. The first-order valence-electron chi connectivity index (χ1n) is 9.23. The number of nitrogens with zero attached hydrogens (tertiary/aromatic N) is 2. The Kier molecular flexibility index (Phi) is 4.76. The van der Waals surface area contributed by atoms with Gasteiger partial charge in [-0.3, -0.25) is 4.79 Å². The minimum atomic E-state index is 0.0536. The topological polar surface area (TPSA) is 33.2 Å². The third-order valence-corrected chi connectivity index (χ3v) is 6.03. The van der Waals surface area contributed by atoms with E-state index in [9.17, 15) is 4.79 Å². The molecule has 1 aliphatic heterocycles. The van der Waals surface area contributed by atoms with Gasteiger partial charge in [0.15, 0.2) is 0 Å². The van der Waals surface area contributed by atoms with Crippen LogP contribution in [0.15, 0.2) is 42.5 Å². The maximum Gasteiger partial charge on any atom is 0.272 e. The fourth-order valence-electron chi connectivity index (χ4n) is 4.32. The molecule has 0 radical (unpaired) electrons. The second-order valence-corrected chi connectivity index (χ2v) is 7.64. The number of hydrogen-bond donors (Lipinski definition) is 0. The normalized spacial score (nSPS) is 23.2. The number of amides is 1. The molecule has 0 unspecified atom stereocenters. The molecule has 1 saturated carbocycles. The third-order valence-electron chi connectivity index (χ3n) is 5.70. The van der Waals surface area contributed by atoms with Crippen LogP contribution in [0.4, 0.5) is 0 Å². The molecule has 2 atom stereocenters. The summed E-state index contributed by atoms with van der Waals surface area (Å²) in [6.07, 6.45) is 6.41. The predicted octanol–water partition coefficient (Wildman–Crippen LogP) is 5.05. The smallest absolute Gasteiger partial charge is 0.272 e. The second kappa shape index (κ2) is 7.17. The van der Waals surface area contributed by atoms with Gasteiger partial charge in [-0.1, -0.05) is 55.1 Å². The highest BCUT2D eigenvalue weighted by Crippen LogP contribution is 2.36. The first kappa shape index (κ1) is 16.6. The molecule has 130 valence electrons. The molecular weight excluding hydrogens is 332 g/mol. The fraction of sp³-hybridized carbons (Fsp3) is 0.429. The number of piperidine rings is 1. The Morgan fingerprint density at radius 1 is 1.00 bits per heavy atom. The van der Waals surface area contributed by atoms with Gasteiger partial charge in [-0.25, -0.2) is 4.98 Å². The van der Waals surface area contributed by atoms with Crippen molar-refractivity contribution in [1.82, 2.24) is 9.88 Å². The van der Waals surface area contributed by atoms with Crippen molar-refractivity contribution in [2.75, 3.05) is 13.1 Å². The summed E-state index contributed by atoms with van der Waals surface area (Å²) >= 11 is 6.28. The fourth-order valence-corrected chi connectivity index (χ4v) is 4.55. The minimum absolute atomic E-state index is 0.0536. The maximum atomic E-state index is 13.0. The van der Waals surface area contributed by atoms with E-state index in [1.807, 2.05) is 47.4 Å². The molecule has 1 aromatic heterocycles. The highest BCUT2D eigenvalue weighted by Gasteiger charge is 2.33. The molecule has 0 bridgehead atoms. The highest BCUT2D eigenvalue weighted by molar-refractivity contribution is 6.33. The Bertz CT molecular complexity index is 776. The number of rotatable bonds is 2. The predicted molar refractivity (Wildman–Crippen MR) is 101 cm³/mol. The van der Waals surface area contributed by atoms with Gasteiger partial charge < -0.3 is 4.90 Å². The largest absolute Gasteiger partial charge is 0.337 e. The van der Waals surface area contributed by atoms with Crippen molar-refractivity contribution in [2.45, 2.75) is 32.1 Å². The number of fused-ring (bicyclic) bond motifs is 1. The summed E-state index contributed by atoms with van der Waals surface area (Å²) in [5.74, 6) is 1.55. The SMILES string of the molecule is O=C(c1cccc(-c2ccccc2Cl)n1)N1CC[C@H]2CCCC[C@@H]2C1. The van der Waals surface area contributed by atoms with Crippen molar-refractivity contribution >= 4 is 17.5 Å². The van der Waals surface area contributed by atoms with E-state index >= 15 is 0 Å². The number of likely N-dealkylation sites (tertiary alicyclic amines) is 1. The standard InChI is InChI=1S/C21H23ClN2O/c22-18-9-4-3-8-17(18)19-10-5-11-20(23-19)21(25)24-13-12-15-6-1-2-7-16(15)14-24/h3-5,8-11,15-16H,1-2,6-7,12-14H2/t15-,16-/m1/s1. The number of carbonyl (C=O) groups is 1. The Hall–Kier alpha value is -1.87. The van der Waals surface area contributed by atoms with E-state index < -0.39 is 0 Å². The molecular formula is C21H23ClN2O. The van der Waals surface area contributed by atoms with Crippen molar-refractivity contribution in [1.29, 1.82) is 0 Å². The van der Waals surface area contributed by atoms with Gasteiger partial charge in [-0.2, -0.15) is 0 Å². The summed E-state index contributed by atoms with van der Waals surface area (Å²) in [5, 5.41) is 0.655. The lowest BCUT2D eigenvalue weighted by Crippen LogP contribution is -2.45. The molecule has 2 fully saturated rings. The van der Waals surface area contributed by atoms with E-state index in [0.29, 0.717) is 16.6 Å². The maximum absolute atomic E-state index is 13.0. The van der Waals surface area contributed by atoms with E-state index in [0.717, 1.165) is 36.7 Å². The summed E-state index contributed by atoms with van der Waals surface area (Å²) in [4.78, 5) is 19.6. The molecule has 4 heteroatoms. The van der Waals surface area contributed by atoms with Crippen LogP contribution in [0.2, 0.25) is 5.02 Å². The number of carbonyl (C=O) groups excluding carboxylic acids is 1. The minimum Gasteiger partial charge on any atom is -0.337 e. The average molecular weight is 355 g/mol. The van der Waals surface area contributed by atoms with Gasteiger partial charge in [0.25, 0.3) is 5.91 Å². The van der Waals surface area contributed by atoms with Crippen molar-refractivity contribution in [3.8, 4) is 11.3 Å². The van der Waals surface area contributed by atoms with Crippen molar-refractivity contribution in [2.24, 2.45) is 11.8 Å². The van der Waals surface area contributed by atoms with Crippen LogP contribution in [-0.4, -0.2) is 28.9 Å². The molecule has 25 heavy (non-hydrogen) atoms. The Balaban J connectivity index is 1.55. The van der Waals surface area contributed by atoms with Crippen molar-refractivity contribution < 1.29 is 4.79 Å². The van der Waals surface area contributed by atoms with Crippen LogP contribution >= 0.6 is 11.6 Å². The zero-order valence-corrected chi connectivity index (χ0v) is 15.1. The average Bonchev–Trinajstić information content (AvgIpc) is 2.67. The quantitative estimate of drug-likeness (QED) is 0.755. The number of aromatic nitrogens is 1. The summed E-state index contributed by atoms with van der Waals surface area (Å²) in [6, 6.07) is 13.2. The lowest BCUT2D eigenvalue weighted by Gasteiger charge is -2.41. The highest BCUT2D eigenvalue weighted by atomic mass is 35.5. The van der Waals surface area contributed by atoms with Crippen molar-refractivity contribution in [3.63, 3.8) is 0 Å². The van der Waals surface area contributed by atoms with Gasteiger partial charge in [0.2, 0.25) is 0 Å². The van der Waals surface area contributed by atoms with E-state index in [-0.39, 0.29) is 5.91 Å². The molecule has 1 aliphatic carbocycles. The van der Waals surface area contributed by atoms with Crippen LogP contribution in [0.1, 0.15) is 42.6 Å². The molecule has 2 aliphatic rings. The lowest BCUT2D eigenvalue weighted by atomic mass is 9.75.